The first kappa shape index (κ1) is 11.4. The van der Waals surface area contributed by atoms with Gasteiger partial charge < -0.3 is 10.3 Å². The number of halogens is 2. The molecule has 0 aliphatic heterocycles. The summed E-state index contributed by atoms with van der Waals surface area (Å²) in [6, 6.07) is 0.0322. The number of alkyl halides is 2. The smallest absolute Gasteiger partial charge is 0.291 e. The van der Waals surface area contributed by atoms with Crippen molar-refractivity contribution in [2.45, 2.75) is 37.3 Å². The van der Waals surface area contributed by atoms with Gasteiger partial charge in [0.1, 0.15) is 5.82 Å². The molecule has 0 atom stereocenters. The lowest BCUT2D eigenvalue weighted by molar-refractivity contribution is 0.251. The molecule has 14 heavy (non-hydrogen) atoms. The summed E-state index contributed by atoms with van der Waals surface area (Å²) < 4.78 is 25.9. The van der Waals surface area contributed by atoms with Crippen molar-refractivity contribution in [3.8, 4) is 0 Å². The number of rotatable bonds is 4. The van der Waals surface area contributed by atoms with Crippen LogP contribution in [0.5, 0.6) is 0 Å². The van der Waals surface area contributed by atoms with E-state index in [-0.39, 0.29) is 17.7 Å². The average molecular weight is 222 g/mol. The van der Waals surface area contributed by atoms with Crippen LogP contribution in [-0.2, 0) is 6.54 Å². The van der Waals surface area contributed by atoms with E-state index in [1.165, 1.54) is 0 Å². The quantitative estimate of drug-likeness (QED) is 0.787. The minimum Gasteiger partial charge on any atom is -0.324 e. The van der Waals surface area contributed by atoms with E-state index in [4.69, 9.17) is 5.73 Å². The SMILES string of the molecule is CC(C)n1c(CN)nnc1SC(F)F. The van der Waals surface area contributed by atoms with Crippen LogP contribution >= 0.6 is 11.8 Å². The number of nitrogens with zero attached hydrogens (tertiary/aromatic N) is 3. The Bertz CT molecular complexity index is 300. The molecule has 0 saturated heterocycles. The first-order chi connectivity index (χ1) is 6.56. The second-order valence-corrected chi connectivity index (χ2v) is 3.90. The molecule has 0 aliphatic carbocycles. The molecule has 0 aliphatic rings. The van der Waals surface area contributed by atoms with Gasteiger partial charge in [0, 0.05) is 6.04 Å². The summed E-state index contributed by atoms with van der Waals surface area (Å²) in [5.74, 6) is -1.95. The van der Waals surface area contributed by atoms with Crippen LogP contribution < -0.4 is 5.73 Å². The lowest BCUT2D eigenvalue weighted by Crippen LogP contribution is -2.11. The van der Waals surface area contributed by atoms with Crippen LogP contribution in [0.25, 0.3) is 0 Å². The maximum Gasteiger partial charge on any atom is 0.291 e. The van der Waals surface area contributed by atoms with Gasteiger partial charge in [-0.2, -0.15) is 8.78 Å². The lowest BCUT2D eigenvalue weighted by atomic mass is 10.4. The van der Waals surface area contributed by atoms with Gasteiger partial charge in [-0.15, -0.1) is 10.2 Å². The Morgan fingerprint density at radius 1 is 1.43 bits per heavy atom. The van der Waals surface area contributed by atoms with Crippen molar-refractivity contribution in [2.75, 3.05) is 0 Å². The molecule has 1 rings (SSSR count). The van der Waals surface area contributed by atoms with Gasteiger partial charge in [-0.3, -0.25) is 0 Å². The van der Waals surface area contributed by atoms with Crippen LogP contribution in [0, 0.1) is 0 Å². The Morgan fingerprint density at radius 2 is 2.07 bits per heavy atom. The first-order valence-corrected chi connectivity index (χ1v) is 5.03. The van der Waals surface area contributed by atoms with Crippen LogP contribution in [0.3, 0.4) is 0 Å². The van der Waals surface area contributed by atoms with Crippen molar-refractivity contribution in [3.63, 3.8) is 0 Å². The van der Waals surface area contributed by atoms with Crippen LogP contribution in [0.2, 0.25) is 0 Å². The molecule has 7 heteroatoms. The summed E-state index contributed by atoms with van der Waals surface area (Å²) in [5.41, 5.74) is 5.41. The summed E-state index contributed by atoms with van der Waals surface area (Å²) in [4.78, 5) is 0. The van der Waals surface area contributed by atoms with Crippen molar-refractivity contribution >= 4 is 11.8 Å². The fourth-order valence-electron chi connectivity index (χ4n) is 1.13. The molecule has 1 aromatic heterocycles. The molecule has 0 aromatic carbocycles. The number of thioether (sulfide) groups is 1. The van der Waals surface area contributed by atoms with Gasteiger partial charge in [-0.25, -0.2) is 0 Å². The number of hydrogen-bond acceptors (Lipinski definition) is 4. The van der Waals surface area contributed by atoms with Gasteiger partial charge in [-0.1, -0.05) is 0 Å². The van der Waals surface area contributed by atoms with Crippen molar-refractivity contribution < 1.29 is 8.78 Å². The van der Waals surface area contributed by atoms with Gasteiger partial charge >= 0.3 is 0 Å². The first-order valence-electron chi connectivity index (χ1n) is 4.15. The maximum atomic E-state index is 12.1. The molecule has 2 N–H and O–H groups in total. The zero-order chi connectivity index (χ0) is 10.7. The highest BCUT2D eigenvalue weighted by atomic mass is 32.2. The van der Waals surface area contributed by atoms with E-state index in [1.807, 2.05) is 13.8 Å². The highest BCUT2D eigenvalue weighted by Gasteiger charge is 2.17. The Hall–Kier alpha value is -0.690. The van der Waals surface area contributed by atoms with Crippen molar-refractivity contribution in [1.29, 1.82) is 0 Å². The summed E-state index contributed by atoms with van der Waals surface area (Å²) in [5, 5.41) is 7.63. The molecule has 4 nitrogen and oxygen atoms in total. The van der Waals surface area contributed by atoms with Crippen molar-refractivity contribution in [3.05, 3.63) is 5.82 Å². The van der Waals surface area contributed by atoms with Crippen LogP contribution in [0.1, 0.15) is 25.7 Å². The second kappa shape index (κ2) is 4.70. The largest absolute Gasteiger partial charge is 0.324 e. The molecule has 0 spiro atoms. The number of aromatic nitrogens is 3. The summed E-state index contributed by atoms with van der Waals surface area (Å²) >= 11 is 0.390. The second-order valence-electron chi connectivity index (χ2n) is 2.95. The molecule has 0 bridgehead atoms. The molecule has 0 saturated carbocycles. The third kappa shape index (κ3) is 2.42. The molecule has 0 unspecified atom stereocenters. The molecule has 0 amide bonds. The van der Waals surface area contributed by atoms with E-state index < -0.39 is 5.76 Å². The molecule has 1 aromatic rings. The monoisotopic (exact) mass is 222 g/mol. The van der Waals surface area contributed by atoms with Gasteiger partial charge in [0.25, 0.3) is 5.76 Å². The van der Waals surface area contributed by atoms with Gasteiger partial charge in [-0.05, 0) is 25.6 Å². The Labute approximate surface area is 84.9 Å². The predicted octanol–water partition coefficient (Wildman–Crippen LogP) is 1.63. The van der Waals surface area contributed by atoms with Crippen LogP contribution in [-0.4, -0.2) is 20.5 Å². The van der Waals surface area contributed by atoms with Crippen molar-refractivity contribution in [1.82, 2.24) is 14.8 Å². The van der Waals surface area contributed by atoms with Gasteiger partial charge in [0.2, 0.25) is 0 Å². The van der Waals surface area contributed by atoms with E-state index in [2.05, 4.69) is 10.2 Å². The van der Waals surface area contributed by atoms with E-state index in [9.17, 15) is 8.78 Å². The molecule has 0 radical (unpaired) electrons. The fourth-order valence-corrected chi connectivity index (χ4v) is 1.80. The van der Waals surface area contributed by atoms with E-state index in [0.29, 0.717) is 17.6 Å². The minimum absolute atomic E-state index is 0.0322. The Kier molecular flexibility index (Phi) is 3.82. The summed E-state index contributed by atoms with van der Waals surface area (Å²) in [6.45, 7) is 3.95. The maximum absolute atomic E-state index is 12.1. The predicted molar refractivity (Wildman–Crippen MR) is 50.2 cm³/mol. The Morgan fingerprint density at radius 3 is 2.50 bits per heavy atom. The number of hydrogen-bond donors (Lipinski definition) is 1. The van der Waals surface area contributed by atoms with Crippen LogP contribution in [0.15, 0.2) is 5.16 Å². The van der Waals surface area contributed by atoms with Crippen LogP contribution in [0.4, 0.5) is 8.78 Å². The third-order valence-electron chi connectivity index (χ3n) is 1.63. The standard InChI is InChI=1S/C7H12F2N4S/c1-4(2)13-5(3-10)11-12-7(13)14-6(8)9/h4,6H,3,10H2,1-2H3. The highest BCUT2D eigenvalue weighted by Crippen LogP contribution is 2.26. The summed E-state index contributed by atoms with van der Waals surface area (Å²) in [6.07, 6.45) is 0. The lowest BCUT2D eigenvalue weighted by Gasteiger charge is -2.12. The number of nitrogens with two attached hydrogens (primary N) is 1. The van der Waals surface area contributed by atoms with Crippen molar-refractivity contribution in [2.24, 2.45) is 5.73 Å². The fraction of sp³-hybridized carbons (Fsp3) is 0.714. The molecular formula is C7H12F2N4S. The minimum atomic E-state index is -2.48. The zero-order valence-electron chi connectivity index (χ0n) is 7.94. The average Bonchev–Trinajstić information content (AvgIpc) is 2.46. The van der Waals surface area contributed by atoms with E-state index in [1.54, 1.807) is 4.57 Å². The van der Waals surface area contributed by atoms with E-state index in [0.717, 1.165) is 0 Å². The van der Waals surface area contributed by atoms with E-state index >= 15 is 0 Å². The zero-order valence-corrected chi connectivity index (χ0v) is 8.76. The highest BCUT2D eigenvalue weighted by molar-refractivity contribution is 7.99. The Balaban J connectivity index is 2.98. The molecule has 80 valence electrons. The summed E-state index contributed by atoms with van der Waals surface area (Å²) in [7, 11) is 0. The molecular weight excluding hydrogens is 210 g/mol. The normalized spacial score (nSPS) is 11.6. The van der Waals surface area contributed by atoms with Gasteiger partial charge in [0.15, 0.2) is 5.16 Å². The third-order valence-corrected chi connectivity index (χ3v) is 2.30. The molecule has 1 heterocycles. The topological polar surface area (TPSA) is 56.7 Å². The van der Waals surface area contributed by atoms with Gasteiger partial charge in [0.05, 0.1) is 6.54 Å². The molecule has 0 fully saturated rings.